The molecule has 1 aliphatic carbocycles. The summed E-state index contributed by atoms with van der Waals surface area (Å²) in [6, 6.07) is 2.86. The number of fused-ring (bicyclic) bond motifs is 2. The number of hydrogen-bond acceptors (Lipinski definition) is 6. The summed E-state index contributed by atoms with van der Waals surface area (Å²) in [6.07, 6.45) is 1.95. The Labute approximate surface area is 205 Å². The van der Waals surface area contributed by atoms with Crippen LogP contribution in [0, 0.1) is 11.7 Å². The molecular formula is C22H24Cl2FN3O6. The highest BCUT2D eigenvalue weighted by atomic mass is 35.5. The Morgan fingerprint density at radius 1 is 1.35 bits per heavy atom. The summed E-state index contributed by atoms with van der Waals surface area (Å²) in [5.74, 6) is -2.68. The number of methoxy groups -OCH3 is 2. The Morgan fingerprint density at radius 3 is 2.71 bits per heavy atom. The van der Waals surface area contributed by atoms with Crippen LogP contribution in [0.1, 0.15) is 32.8 Å². The summed E-state index contributed by atoms with van der Waals surface area (Å²) in [5, 5.41) is 12.8. The Balaban J connectivity index is 0.00000324. The fraction of sp³-hybridized carbons (Fsp3) is 0.409. The molecule has 2 aromatic rings. The number of aromatic hydroxyl groups is 1. The van der Waals surface area contributed by atoms with Crippen LogP contribution in [0.5, 0.6) is 11.5 Å². The van der Waals surface area contributed by atoms with Crippen LogP contribution in [0.25, 0.3) is 0 Å². The summed E-state index contributed by atoms with van der Waals surface area (Å²) in [7, 11) is 4.51. The number of ether oxygens (including phenoxy) is 2. The number of carbonyl (C=O) groups is 2. The van der Waals surface area contributed by atoms with Gasteiger partial charge in [-0.05, 0) is 12.5 Å². The molecular weight excluding hydrogens is 492 g/mol. The molecule has 0 saturated heterocycles. The van der Waals surface area contributed by atoms with E-state index < -0.39 is 34.3 Å². The maximum Gasteiger partial charge on any atom is 0.274 e. The molecule has 2 N–H and O–H groups in total. The van der Waals surface area contributed by atoms with E-state index in [0.717, 1.165) is 0 Å². The first-order valence-corrected chi connectivity index (χ1v) is 10.6. The monoisotopic (exact) mass is 515 g/mol. The van der Waals surface area contributed by atoms with Gasteiger partial charge < -0.3 is 29.4 Å². The van der Waals surface area contributed by atoms with Crippen molar-refractivity contribution in [2.24, 2.45) is 5.92 Å². The Hall–Kier alpha value is -2.82. The number of aromatic nitrogens is 1. The van der Waals surface area contributed by atoms with Gasteiger partial charge in [0.1, 0.15) is 16.3 Å². The minimum atomic E-state index is -0.977. The number of halogens is 3. The highest BCUT2D eigenvalue weighted by Crippen LogP contribution is 2.53. The molecule has 2 aliphatic rings. The summed E-state index contributed by atoms with van der Waals surface area (Å²) in [4.78, 5) is 39.7. The topological polar surface area (TPSA) is 110 Å². The zero-order valence-corrected chi connectivity index (χ0v) is 20.3. The smallest absolute Gasteiger partial charge is 0.274 e. The van der Waals surface area contributed by atoms with E-state index in [1.54, 1.807) is 14.2 Å². The molecule has 2 amide bonds. The molecule has 1 spiro atoms. The molecule has 9 nitrogen and oxygen atoms in total. The zero-order chi connectivity index (χ0) is 24.1. The lowest BCUT2D eigenvalue weighted by Gasteiger charge is -2.35. The minimum absolute atomic E-state index is 0. The van der Waals surface area contributed by atoms with Gasteiger partial charge in [0, 0.05) is 44.9 Å². The standard InChI is InChI=1S/C22H23ClFN3O6.ClH/c1-26-10-22(6-12(22)9-32-2)27-8-13(18(28)19(29)17(27)21(26)31)20(30)25-7-11-4-5-14(33-3)15(23)16(11)24;/h4-5,8,12,29H,6-7,9-10H2,1-3H3,(H,25,30);1H/t12-,22-;/m1./s1. The van der Waals surface area contributed by atoms with Crippen LogP contribution in [0.3, 0.4) is 0 Å². The van der Waals surface area contributed by atoms with Crippen molar-refractivity contribution in [3.05, 3.63) is 56.2 Å². The molecule has 1 aromatic carbocycles. The van der Waals surface area contributed by atoms with E-state index in [9.17, 15) is 23.9 Å². The van der Waals surface area contributed by atoms with Crippen LogP contribution in [0.4, 0.5) is 4.39 Å². The molecule has 2 heterocycles. The average molecular weight is 516 g/mol. The van der Waals surface area contributed by atoms with Crippen LogP contribution < -0.4 is 15.5 Å². The lowest BCUT2D eigenvalue weighted by molar-refractivity contribution is 0.0664. The summed E-state index contributed by atoms with van der Waals surface area (Å²) >= 11 is 5.91. The Bertz CT molecular complexity index is 1220. The molecule has 184 valence electrons. The lowest BCUT2D eigenvalue weighted by atomic mass is 10.0. The van der Waals surface area contributed by atoms with E-state index in [-0.39, 0.29) is 52.5 Å². The van der Waals surface area contributed by atoms with E-state index in [1.165, 1.54) is 34.9 Å². The molecule has 4 rings (SSSR count). The second kappa shape index (κ2) is 9.44. The number of pyridine rings is 1. The maximum absolute atomic E-state index is 14.5. The van der Waals surface area contributed by atoms with Gasteiger partial charge in [-0.2, -0.15) is 0 Å². The van der Waals surface area contributed by atoms with Crippen molar-refractivity contribution in [2.75, 3.05) is 34.4 Å². The van der Waals surface area contributed by atoms with Crippen molar-refractivity contribution in [3.8, 4) is 11.5 Å². The minimum Gasteiger partial charge on any atom is -0.503 e. The maximum atomic E-state index is 14.5. The third kappa shape index (κ3) is 3.99. The van der Waals surface area contributed by atoms with Crippen molar-refractivity contribution in [1.29, 1.82) is 0 Å². The summed E-state index contributed by atoms with van der Waals surface area (Å²) in [5.41, 5.74) is -1.97. The van der Waals surface area contributed by atoms with Crippen molar-refractivity contribution < 1.29 is 28.6 Å². The Kier molecular flexibility index (Phi) is 7.16. The number of hydrogen-bond donors (Lipinski definition) is 2. The van der Waals surface area contributed by atoms with Crippen LogP contribution in [0.2, 0.25) is 5.02 Å². The fourth-order valence-corrected chi connectivity index (χ4v) is 4.73. The van der Waals surface area contributed by atoms with Crippen LogP contribution in [-0.2, 0) is 16.8 Å². The Morgan fingerprint density at radius 2 is 2.06 bits per heavy atom. The molecule has 34 heavy (non-hydrogen) atoms. The lowest BCUT2D eigenvalue weighted by Crippen LogP contribution is -2.48. The molecule has 1 aromatic heterocycles. The van der Waals surface area contributed by atoms with E-state index >= 15 is 0 Å². The molecule has 12 heteroatoms. The first-order valence-electron chi connectivity index (χ1n) is 10.2. The van der Waals surface area contributed by atoms with Crippen LogP contribution >= 0.6 is 24.0 Å². The van der Waals surface area contributed by atoms with E-state index in [1.807, 2.05) is 0 Å². The molecule has 0 unspecified atom stereocenters. The van der Waals surface area contributed by atoms with Crippen LogP contribution in [-0.4, -0.2) is 60.8 Å². The fourth-order valence-electron chi connectivity index (χ4n) is 4.47. The first kappa shape index (κ1) is 25.8. The van der Waals surface area contributed by atoms with Crippen molar-refractivity contribution >= 4 is 35.8 Å². The molecule has 1 fully saturated rings. The quantitative estimate of drug-likeness (QED) is 0.609. The van der Waals surface area contributed by atoms with Gasteiger partial charge >= 0.3 is 0 Å². The van der Waals surface area contributed by atoms with Gasteiger partial charge in [-0.1, -0.05) is 17.7 Å². The predicted octanol–water partition coefficient (Wildman–Crippen LogP) is 2.15. The molecule has 0 radical (unpaired) electrons. The molecule has 1 saturated carbocycles. The summed E-state index contributed by atoms with van der Waals surface area (Å²) in [6.45, 7) is 0.522. The SMILES string of the molecule is COC[C@H]1C[C@@]12CN(C)C(=O)c1c(O)c(=O)c(C(=O)NCc3ccc(OC)c(Cl)c3F)cn12.Cl. The predicted molar refractivity (Wildman–Crippen MR) is 124 cm³/mol. The van der Waals surface area contributed by atoms with Gasteiger partial charge in [0.2, 0.25) is 5.43 Å². The average Bonchev–Trinajstić information content (AvgIpc) is 3.47. The van der Waals surface area contributed by atoms with Gasteiger partial charge in [-0.15, -0.1) is 12.4 Å². The molecule has 0 bridgehead atoms. The number of nitrogens with zero attached hydrogens (tertiary/aromatic N) is 2. The number of nitrogens with one attached hydrogen (secondary N) is 1. The van der Waals surface area contributed by atoms with Gasteiger partial charge in [0.15, 0.2) is 17.3 Å². The van der Waals surface area contributed by atoms with Crippen molar-refractivity contribution in [3.63, 3.8) is 0 Å². The van der Waals surface area contributed by atoms with Crippen LogP contribution in [0.15, 0.2) is 23.1 Å². The number of likely N-dealkylation sites (N-methyl/N-ethyl adjacent to an activating group) is 1. The van der Waals surface area contributed by atoms with Gasteiger partial charge in [0.05, 0.1) is 19.3 Å². The van der Waals surface area contributed by atoms with E-state index in [0.29, 0.717) is 19.6 Å². The third-order valence-electron chi connectivity index (χ3n) is 6.32. The zero-order valence-electron chi connectivity index (χ0n) is 18.7. The number of carbonyl (C=O) groups excluding carboxylic acids is 2. The number of benzene rings is 1. The second-order valence-corrected chi connectivity index (χ2v) is 8.68. The van der Waals surface area contributed by atoms with Gasteiger partial charge in [0.25, 0.3) is 11.8 Å². The van der Waals surface area contributed by atoms with E-state index in [4.69, 9.17) is 21.1 Å². The molecule has 1 aliphatic heterocycles. The van der Waals surface area contributed by atoms with Crippen molar-refractivity contribution in [2.45, 2.75) is 18.5 Å². The highest BCUT2D eigenvalue weighted by molar-refractivity contribution is 6.32. The summed E-state index contributed by atoms with van der Waals surface area (Å²) < 4.78 is 26.2. The normalized spacial score (nSPS) is 20.6. The highest BCUT2D eigenvalue weighted by Gasteiger charge is 2.60. The largest absolute Gasteiger partial charge is 0.503 e. The van der Waals surface area contributed by atoms with Gasteiger partial charge in [-0.3, -0.25) is 14.4 Å². The van der Waals surface area contributed by atoms with E-state index in [2.05, 4.69) is 5.32 Å². The first-order chi connectivity index (χ1) is 15.7. The third-order valence-corrected chi connectivity index (χ3v) is 6.67. The van der Waals surface area contributed by atoms with Gasteiger partial charge in [-0.25, -0.2) is 4.39 Å². The molecule has 2 atom stereocenters. The van der Waals surface area contributed by atoms with Crippen molar-refractivity contribution in [1.82, 2.24) is 14.8 Å². The number of amides is 2. The number of rotatable bonds is 6. The second-order valence-electron chi connectivity index (χ2n) is 8.30.